The number of hydrogen-bond acceptors (Lipinski definition) is 4. The second kappa shape index (κ2) is 5.66. The summed E-state index contributed by atoms with van der Waals surface area (Å²) in [5, 5.41) is 28.4. The highest BCUT2D eigenvalue weighted by atomic mass is 16.4. The van der Waals surface area contributed by atoms with Crippen molar-refractivity contribution in [2.24, 2.45) is 0 Å². The minimum absolute atomic E-state index is 0.0813. The third-order valence-corrected chi connectivity index (χ3v) is 3.11. The molecule has 2 rings (SSSR count). The monoisotopic (exact) mass is 286 g/mol. The van der Waals surface area contributed by atoms with E-state index in [1.165, 1.54) is 13.0 Å². The van der Waals surface area contributed by atoms with Crippen LogP contribution in [0.15, 0.2) is 36.4 Å². The van der Waals surface area contributed by atoms with Crippen molar-refractivity contribution in [2.75, 3.05) is 0 Å². The Kier molecular flexibility index (Phi) is 3.93. The lowest BCUT2D eigenvalue weighted by Crippen LogP contribution is -2.02. The molecule has 5 heteroatoms. The molecule has 0 fully saturated rings. The molecule has 2 aromatic rings. The Balaban J connectivity index is 2.56. The standard InChI is InChI=1S/C16H14O5/c1-9(17)10-2-4-11(5-3-10)16-12(7-15(20)21)6-13(18)8-14(16)19/h2-6,8,18-19H,7H2,1H3,(H,20,21). The van der Waals surface area contributed by atoms with Crippen LogP contribution in [0.3, 0.4) is 0 Å². The van der Waals surface area contributed by atoms with Crippen LogP contribution in [0.1, 0.15) is 22.8 Å². The zero-order valence-electron chi connectivity index (χ0n) is 11.3. The minimum Gasteiger partial charge on any atom is -0.508 e. The Labute approximate surface area is 121 Å². The van der Waals surface area contributed by atoms with E-state index in [0.29, 0.717) is 22.3 Å². The van der Waals surface area contributed by atoms with Gasteiger partial charge in [-0.1, -0.05) is 24.3 Å². The van der Waals surface area contributed by atoms with Gasteiger partial charge >= 0.3 is 5.97 Å². The van der Waals surface area contributed by atoms with Crippen LogP contribution in [0.4, 0.5) is 0 Å². The van der Waals surface area contributed by atoms with Crippen molar-refractivity contribution in [3.05, 3.63) is 47.5 Å². The maximum Gasteiger partial charge on any atom is 0.307 e. The van der Waals surface area contributed by atoms with E-state index in [2.05, 4.69) is 0 Å². The molecular formula is C16H14O5. The molecule has 0 aliphatic heterocycles. The lowest BCUT2D eigenvalue weighted by atomic mass is 9.95. The summed E-state index contributed by atoms with van der Waals surface area (Å²) in [5.74, 6) is -1.56. The molecule has 21 heavy (non-hydrogen) atoms. The molecule has 0 aliphatic rings. The molecule has 2 aromatic carbocycles. The molecule has 0 amide bonds. The van der Waals surface area contributed by atoms with Crippen LogP contribution in [0.5, 0.6) is 11.5 Å². The fourth-order valence-electron chi connectivity index (χ4n) is 2.18. The summed E-state index contributed by atoms with van der Waals surface area (Å²) in [6.45, 7) is 1.45. The molecular weight excluding hydrogens is 272 g/mol. The highest BCUT2D eigenvalue weighted by Crippen LogP contribution is 2.36. The van der Waals surface area contributed by atoms with E-state index in [9.17, 15) is 19.8 Å². The number of phenols is 2. The van der Waals surface area contributed by atoms with Crippen molar-refractivity contribution >= 4 is 11.8 Å². The molecule has 0 heterocycles. The first kappa shape index (κ1) is 14.6. The molecule has 108 valence electrons. The van der Waals surface area contributed by atoms with Gasteiger partial charge in [-0.2, -0.15) is 0 Å². The van der Waals surface area contributed by atoms with Crippen molar-refractivity contribution < 1.29 is 24.9 Å². The fourth-order valence-corrected chi connectivity index (χ4v) is 2.18. The average molecular weight is 286 g/mol. The minimum atomic E-state index is -1.07. The third kappa shape index (κ3) is 3.20. The lowest BCUT2D eigenvalue weighted by Gasteiger charge is -2.12. The van der Waals surface area contributed by atoms with Gasteiger partial charge in [0.2, 0.25) is 0 Å². The number of carboxylic acids is 1. The smallest absolute Gasteiger partial charge is 0.307 e. The number of ketones is 1. The summed E-state index contributed by atoms with van der Waals surface area (Å²) < 4.78 is 0. The number of aromatic hydroxyl groups is 2. The quantitative estimate of drug-likeness (QED) is 0.751. The molecule has 0 atom stereocenters. The van der Waals surface area contributed by atoms with Gasteiger partial charge in [0.1, 0.15) is 11.5 Å². The fraction of sp³-hybridized carbons (Fsp3) is 0.125. The van der Waals surface area contributed by atoms with E-state index < -0.39 is 5.97 Å². The first-order valence-electron chi connectivity index (χ1n) is 6.26. The number of phenolic OH excluding ortho intramolecular Hbond substituents is 2. The number of hydrogen-bond donors (Lipinski definition) is 3. The Morgan fingerprint density at radius 2 is 1.67 bits per heavy atom. The number of aliphatic carboxylic acids is 1. The SMILES string of the molecule is CC(=O)c1ccc(-c2c(O)cc(O)cc2CC(=O)O)cc1. The summed E-state index contributed by atoms with van der Waals surface area (Å²) in [6, 6.07) is 8.94. The van der Waals surface area contributed by atoms with Gasteiger partial charge in [-0.25, -0.2) is 0 Å². The van der Waals surface area contributed by atoms with Crippen LogP contribution in [0.2, 0.25) is 0 Å². The molecule has 5 nitrogen and oxygen atoms in total. The zero-order chi connectivity index (χ0) is 15.6. The van der Waals surface area contributed by atoms with E-state index in [0.717, 1.165) is 6.07 Å². The van der Waals surface area contributed by atoms with E-state index >= 15 is 0 Å². The van der Waals surface area contributed by atoms with Crippen LogP contribution < -0.4 is 0 Å². The van der Waals surface area contributed by atoms with Crippen LogP contribution >= 0.6 is 0 Å². The Morgan fingerprint density at radius 1 is 1.05 bits per heavy atom. The van der Waals surface area contributed by atoms with Crippen molar-refractivity contribution in [3.8, 4) is 22.6 Å². The molecule has 0 unspecified atom stereocenters. The molecule has 3 N–H and O–H groups in total. The maximum atomic E-state index is 11.3. The highest BCUT2D eigenvalue weighted by molar-refractivity contribution is 5.94. The largest absolute Gasteiger partial charge is 0.508 e. The molecule has 0 spiro atoms. The summed E-state index contributed by atoms with van der Waals surface area (Å²) in [6.07, 6.45) is -0.328. The number of carboxylic acid groups (broad SMARTS) is 1. The Morgan fingerprint density at radius 3 is 2.19 bits per heavy atom. The van der Waals surface area contributed by atoms with Crippen LogP contribution in [0.25, 0.3) is 11.1 Å². The predicted octanol–water partition coefficient (Wildman–Crippen LogP) is 2.59. The number of rotatable bonds is 4. The molecule has 0 saturated carbocycles. The van der Waals surface area contributed by atoms with Crippen molar-refractivity contribution in [2.45, 2.75) is 13.3 Å². The first-order valence-corrected chi connectivity index (χ1v) is 6.26. The molecule has 0 aromatic heterocycles. The Bertz CT molecular complexity index is 701. The van der Waals surface area contributed by atoms with Gasteiger partial charge in [0.25, 0.3) is 0 Å². The summed E-state index contributed by atoms with van der Waals surface area (Å²) in [5.41, 5.74) is 1.74. The van der Waals surface area contributed by atoms with Crippen molar-refractivity contribution in [3.63, 3.8) is 0 Å². The highest BCUT2D eigenvalue weighted by Gasteiger charge is 2.15. The first-order chi connectivity index (χ1) is 9.88. The van der Waals surface area contributed by atoms with Crippen LogP contribution in [-0.2, 0) is 11.2 Å². The van der Waals surface area contributed by atoms with E-state index in [1.54, 1.807) is 24.3 Å². The number of carbonyl (C=O) groups is 2. The number of Topliss-reactive ketones (excluding diaryl/α,β-unsaturated/α-hetero) is 1. The van der Waals surface area contributed by atoms with Gasteiger partial charge in [-0.15, -0.1) is 0 Å². The van der Waals surface area contributed by atoms with Crippen molar-refractivity contribution in [1.82, 2.24) is 0 Å². The molecule has 0 saturated heterocycles. The van der Waals surface area contributed by atoms with E-state index in [1.807, 2.05) is 0 Å². The van der Waals surface area contributed by atoms with Gasteiger partial charge in [-0.05, 0) is 24.1 Å². The van der Waals surface area contributed by atoms with Crippen LogP contribution in [-0.4, -0.2) is 27.1 Å². The molecule has 0 bridgehead atoms. The van der Waals surface area contributed by atoms with Gasteiger partial charge in [0.05, 0.1) is 6.42 Å². The number of carbonyl (C=O) groups excluding carboxylic acids is 1. The lowest BCUT2D eigenvalue weighted by molar-refractivity contribution is -0.136. The van der Waals surface area contributed by atoms with Gasteiger partial charge in [0.15, 0.2) is 5.78 Å². The topological polar surface area (TPSA) is 94.8 Å². The van der Waals surface area contributed by atoms with E-state index in [-0.39, 0.29) is 23.7 Å². The second-order valence-electron chi connectivity index (χ2n) is 4.70. The zero-order valence-corrected chi connectivity index (χ0v) is 11.3. The average Bonchev–Trinajstić information content (AvgIpc) is 2.37. The maximum absolute atomic E-state index is 11.3. The molecule has 0 radical (unpaired) electrons. The molecule has 0 aliphatic carbocycles. The van der Waals surface area contributed by atoms with Crippen molar-refractivity contribution in [1.29, 1.82) is 0 Å². The van der Waals surface area contributed by atoms with Gasteiger partial charge in [-0.3, -0.25) is 9.59 Å². The normalized spacial score (nSPS) is 10.3. The number of benzene rings is 2. The Hall–Kier alpha value is -2.82. The summed E-state index contributed by atoms with van der Waals surface area (Å²) >= 11 is 0. The summed E-state index contributed by atoms with van der Waals surface area (Å²) in [7, 11) is 0. The predicted molar refractivity (Wildman–Crippen MR) is 76.6 cm³/mol. The second-order valence-corrected chi connectivity index (χ2v) is 4.70. The van der Waals surface area contributed by atoms with E-state index in [4.69, 9.17) is 5.11 Å². The van der Waals surface area contributed by atoms with Gasteiger partial charge in [0, 0.05) is 17.2 Å². The van der Waals surface area contributed by atoms with Gasteiger partial charge < -0.3 is 15.3 Å². The summed E-state index contributed by atoms with van der Waals surface area (Å²) in [4.78, 5) is 22.2. The van der Waals surface area contributed by atoms with Crippen LogP contribution in [0, 0.1) is 0 Å². The third-order valence-electron chi connectivity index (χ3n) is 3.11.